The second-order valence-corrected chi connectivity index (χ2v) is 2.86. The Hall–Kier alpha value is -1.10. The molecule has 0 fully saturated rings. The van der Waals surface area contributed by atoms with Crippen LogP contribution in [0.4, 0.5) is 0 Å². The Kier molecular flexibility index (Phi) is 6.74. The fraction of sp³-hybridized carbons (Fsp3) is 0.778. The molecule has 0 saturated heterocycles. The van der Waals surface area contributed by atoms with Crippen molar-refractivity contribution in [2.24, 2.45) is 5.92 Å². The minimum absolute atomic E-state index is 0.111. The van der Waals surface area contributed by atoms with E-state index in [1.54, 1.807) is 13.8 Å². The molecule has 5 nitrogen and oxygen atoms in total. The van der Waals surface area contributed by atoms with Crippen LogP contribution in [0.5, 0.6) is 0 Å². The van der Waals surface area contributed by atoms with Crippen molar-refractivity contribution in [2.45, 2.75) is 13.8 Å². The topological polar surface area (TPSA) is 64.6 Å². The molecule has 82 valence electrons. The number of nitrogens with one attached hydrogen (secondary N) is 1. The number of methoxy groups -OCH3 is 1. The van der Waals surface area contributed by atoms with Crippen molar-refractivity contribution < 1.29 is 19.1 Å². The number of hydrogen-bond donors (Lipinski definition) is 1. The number of hydrogen-bond acceptors (Lipinski definition) is 5. The average molecular weight is 203 g/mol. The van der Waals surface area contributed by atoms with E-state index in [9.17, 15) is 9.59 Å². The first-order valence-corrected chi connectivity index (χ1v) is 4.56. The molecule has 0 saturated carbocycles. The Morgan fingerprint density at radius 2 is 2.07 bits per heavy atom. The molecule has 0 aromatic carbocycles. The van der Waals surface area contributed by atoms with E-state index in [0.717, 1.165) is 0 Å². The summed E-state index contributed by atoms with van der Waals surface area (Å²) in [4.78, 5) is 21.8. The maximum atomic E-state index is 11.1. The second-order valence-electron chi connectivity index (χ2n) is 2.86. The minimum Gasteiger partial charge on any atom is -0.468 e. The molecule has 0 heterocycles. The average Bonchev–Trinajstić information content (AvgIpc) is 2.17. The zero-order chi connectivity index (χ0) is 11.0. The predicted molar refractivity (Wildman–Crippen MR) is 50.7 cm³/mol. The van der Waals surface area contributed by atoms with E-state index in [4.69, 9.17) is 4.74 Å². The maximum absolute atomic E-state index is 11.1. The van der Waals surface area contributed by atoms with Gasteiger partial charge in [-0.3, -0.25) is 9.59 Å². The van der Waals surface area contributed by atoms with Crippen molar-refractivity contribution in [3.63, 3.8) is 0 Å². The molecule has 1 N–H and O–H groups in total. The van der Waals surface area contributed by atoms with Crippen LogP contribution in [0, 0.1) is 5.92 Å². The Morgan fingerprint density at radius 3 is 2.57 bits per heavy atom. The van der Waals surface area contributed by atoms with E-state index >= 15 is 0 Å². The van der Waals surface area contributed by atoms with Crippen molar-refractivity contribution in [1.82, 2.24) is 5.32 Å². The fourth-order valence-electron chi connectivity index (χ4n) is 0.831. The first-order valence-electron chi connectivity index (χ1n) is 4.56. The second kappa shape index (κ2) is 7.32. The Bertz CT molecular complexity index is 193. The van der Waals surface area contributed by atoms with Crippen LogP contribution in [-0.2, 0) is 19.1 Å². The highest BCUT2D eigenvalue weighted by Gasteiger charge is 2.13. The van der Waals surface area contributed by atoms with Crippen LogP contribution >= 0.6 is 0 Å². The van der Waals surface area contributed by atoms with Gasteiger partial charge in [0.15, 0.2) is 0 Å². The third-order valence-corrected chi connectivity index (χ3v) is 1.64. The van der Waals surface area contributed by atoms with Crippen LogP contribution in [-0.4, -0.2) is 38.7 Å². The number of rotatable bonds is 6. The van der Waals surface area contributed by atoms with Crippen molar-refractivity contribution >= 4 is 11.9 Å². The number of carbonyl (C=O) groups excluding carboxylic acids is 2. The summed E-state index contributed by atoms with van der Waals surface area (Å²) in [6.07, 6.45) is 0. The zero-order valence-corrected chi connectivity index (χ0v) is 8.83. The minimum atomic E-state index is -0.346. The van der Waals surface area contributed by atoms with Crippen LogP contribution in [0.15, 0.2) is 0 Å². The first-order chi connectivity index (χ1) is 6.61. The quantitative estimate of drug-likeness (QED) is 0.613. The highest BCUT2D eigenvalue weighted by atomic mass is 16.5. The predicted octanol–water partition coefficient (Wildman–Crippen LogP) is -0.0518. The van der Waals surface area contributed by atoms with Gasteiger partial charge in [0, 0.05) is 6.54 Å². The fourth-order valence-corrected chi connectivity index (χ4v) is 0.831. The third kappa shape index (κ3) is 5.53. The van der Waals surface area contributed by atoms with Gasteiger partial charge in [-0.25, -0.2) is 0 Å². The van der Waals surface area contributed by atoms with Gasteiger partial charge in [-0.15, -0.1) is 0 Å². The molecule has 1 atom stereocenters. The molecule has 5 heteroatoms. The van der Waals surface area contributed by atoms with Gasteiger partial charge < -0.3 is 14.8 Å². The number of carbonyl (C=O) groups is 2. The molecule has 0 aliphatic carbocycles. The summed E-state index contributed by atoms with van der Waals surface area (Å²) in [5, 5.41) is 2.80. The van der Waals surface area contributed by atoms with E-state index in [0.29, 0.717) is 13.2 Å². The smallest absolute Gasteiger partial charge is 0.319 e. The summed E-state index contributed by atoms with van der Waals surface area (Å²) in [5.41, 5.74) is 0. The molecular formula is C9H17NO4. The highest BCUT2D eigenvalue weighted by molar-refractivity contribution is 5.73. The Balaban J connectivity index is 3.58. The van der Waals surface area contributed by atoms with Gasteiger partial charge in [0.1, 0.15) is 0 Å². The normalized spacial score (nSPS) is 11.9. The zero-order valence-electron chi connectivity index (χ0n) is 8.83. The molecule has 0 aromatic rings. The largest absolute Gasteiger partial charge is 0.468 e. The molecule has 1 unspecified atom stereocenters. The molecule has 0 bridgehead atoms. The summed E-state index contributed by atoms with van der Waals surface area (Å²) in [6.45, 7) is 4.39. The van der Waals surface area contributed by atoms with Crippen molar-refractivity contribution in [3.05, 3.63) is 0 Å². The molecule has 0 aliphatic heterocycles. The molecule has 0 aromatic heterocycles. The van der Waals surface area contributed by atoms with E-state index < -0.39 is 0 Å². The molecule has 14 heavy (non-hydrogen) atoms. The molecule has 0 amide bonds. The molecule has 0 radical (unpaired) electrons. The van der Waals surface area contributed by atoms with Crippen molar-refractivity contribution in [3.8, 4) is 0 Å². The van der Waals surface area contributed by atoms with Crippen LogP contribution in [0.1, 0.15) is 13.8 Å². The molecule has 0 rings (SSSR count). The SMILES string of the molecule is CCOC(=O)C(C)CNCC(=O)OC. The van der Waals surface area contributed by atoms with Crippen LogP contribution in [0.25, 0.3) is 0 Å². The Labute approximate surface area is 83.8 Å². The number of esters is 2. The van der Waals surface area contributed by atoms with Gasteiger partial charge in [0.25, 0.3) is 0 Å². The van der Waals surface area contributed by atoms with E-state index in [1.165, 1.54) is 7.11 Å². The number of ether oxygens (including phenoxy) is 2. The van der Waals surface area contributed by atoms with Crippen molar-refractivity contribution in [1.29, 1.82) is 0 Å². The van der Waals surface area contributed by atoms with Gasteiger partial charge in [-0.1, -0.05) is 6.92 Å². The lowest BCUT2D eigenvalue weighted by Crippen LogP contribution is -2.32. The van der Waals surface area contributed by atoms with E-state index in [1.807, 2.05) is 0 Å². The molecular weight excluding hydrogens is 186 g/mol. The summed E-state index contributed by atoms with van der Waals surface area (Å²) in [5.74, 6) is -0.856. The van der Waals surface area contributed by atoms with Gasteiger partial charge in [-0.2, -0.15) is 0 Å². The third-order valence-electron chi connectivity index (χ3n) is 1.64. The van der Waals surface area contributed by atoms with Crippen LogP contribution < -0.4 is 5.32 Å². The first kappa shape index (κ1) is 12.9. The maximum Gasteiger partial charge on any atom is 0.319 e. The van der Waals surface area contributed by atoms with Gasteiger partial charge in [0.05, 0.1) is 26.2 Å². The van der Waals surface area contributed by atoms with Gasteiger partial charge in [-0.05, 0) is 6.92 Å². The van der Waals surface area contributed by atoms with E-state index in [-0.39, 0.29) is 24.4 Å². The standard InChI is InChI=1S/C9H17NO4/c1-4-14-9(12)7(2)5-10-6-8(11)13-3/h7,10H,4-6H2,1-3H3. The Morgan fingerprint density at radius 1 is 1.43 bits per heavy atom. The van der Waals surface area contributed by atoms with Crippen LogP contribution in [0.2, 0.25) is 0 Å². The lowest BCUT2D eigenvalue weighted by molar-refractivity contribution is -0.147. The monoisotopic (exact) mass is 203 g/mol. The van der Waals surface area contributed by atoms with Crippen LogP contribution in [0.3, 0.4) is 0 Å². The molecule has 0 spiro atoms. The summed E-state index contributed by atoms with van der Waals surface area (Å²) in [7, 11) is 1.32. The molecule has 0 aliphatic rings. The van der Waals surface area contributed by atoms with Gasteiger partial charge in [0.2, 0.25) is 0 Å². The lowest BCUT2D eigenvalue weighted by atomic mass is 10.2. The highest BCUT2D eigenvalue weighted by Crippen LogP contribution is 1.96. The van der Waals surface area contributed by atoms with Gasteiger partial charge >= 0.3 is 11.9 Å². The van der Waals surface area contributed by atoms with E-state index in [2.05, 4.69) is 10.1 Å². The summed E-state index contributed by atoms with van der Waals surface area (Å²) in [6, 6.07) is 0. The lowest BCUT2D eigenvalue weighted by Gasteiger charge is -2.10. The summed E-state index contributed by atoms with van der Waals surface area (Å²) >= 11 is 0. The summed E-state index contributed by atoms with van der Waals surface area (Å²) < 4.78 is 9.21. The van der Waals surface area contributed by atoms with Crippen molar-refractivity contribution in [2.75, 3.05) is 26.8 Å².